The zero-order valence-corrected chi connectivity index (χ0v) is 14.2. The van der Waals surface area contributed by atoms with Crippen molar-refractivity contribution in [2.45, 2.75) is 27.7 Å². The standard InChI is InChI=1S/C15H21BrClNO/c1-9(2)12(10(3)4)8-18-15(19)11-6-5-7-13(16)14(11)17/h5-7,9-10,12H,8H2,1-4H3,(H,18,19). The van der Waals surface area contributed by atoms with Crippen LogP contribution in [0.4, 0.5) is 0 Å². The molecule has 0 spiro atoms. The van der Waals surface area contributed by atoms with Crippen LogP contribution in [0.3, 0.4) is 0 Å². The highest BCUT2D eigenvalue weighted by Crippen LogP contribution is 2.26. The highest BCUT2D eigenvalue weighted by Gasteiger charge is 2.19. The van der Waals surface area contributed by atoms with E-state index >= 15 is 0 Å². The molecule has 0 fully saturated rings. The van der Waals surface area contributed by atoms with Crippen LogP contribution in [0, 0.1) is 17.8 Å². The lowest BCUT2D eigenvalue weighted by Gasteiger charge is -2.25. The van der Waals surface area contributed by atoms with Crippen molar-refractivity contribution in [3.63, 3.8) is 0 Å². The Bertz CT molecular complexity index is 438. The third kappa shape index (κ3) is 4.50. The fourth-order valence-corrected chi connectivity index (χ4v) is 2.80. The molecule has 0 aliphatic heterocycles. The van der Waals surface area contributed by atoms with Gasteiger partial charge in [-0.25, -0.2) is 0 Å². The van der Waals surface area contributed by atoms with Crippen molar-refractivity contribution >= 4 is 33.4 Å². The maximum absolute atomic E-state index is 12.2. The van der Waals surface area contributed by atoms with E-state index in [1.165, 1.54) is 0 Å². The summed E-state index contributed by atoms with van der Waals surface area (Å²) in [7, 11) is 0. The highest BCUT2D eigenvalue weighted by atomic mass is 79.9. The molecule has 1 rings (SSSR count). The third-order valence-corrected chi connectivity index (χ3v) is 4.70. The molecule has 4 heteroatoms. The first-order valence-corrected chi connectivity index (χ1v) is 7.73. The lowest BCUT2D eigenvalue weighted by molar-refractivity contribution is 0.0937. The van der Waals surface area contributed by atoms with E-state index in [9.17, 15) is 4.79 Å². The van der Waals surface area contributed by atoms with Crippen molar-refractivity contribution in [1.82, 2.24) is 5.32 Å². The Kier molecular flexibility index (Phi) is 6.34. The van der Waals surface area contributed by atoms with Gasteiger partial charge in [0.1, 0.15) is 0 Å². The van der Waals surface area contributed by atoms with Crippen LogP contribution in [-0.2, 0) is 0 Å². The molecule has 0 bridgehead atoms. The SMILES string of the molecule is CC(C)C(CNC(=O)c1cccc(Br)c1Cl)C(C)C. The molecule has 19 heavy (non-hydrogen) atoms. The van der Waals surface area contributed by atoms with Crippen molar-refractivity contribution < 1.29 is 4.79 Å². The molecule has 0 aromatic heterocycles. The number of amides is 1. The van der Waals surface area contributed by atoms with E-state index in [-0.39, 0.29) is 5.91 Å². The fraction of sp³-hybridized carbons (Fsp3) is 0.533. The van der Waals surface area contributed by atoms with E-state index in [0.717, 1.165) is 4.47 Å². The third-order valence-electron chi connectivity index (χ3n) is 3.41. The van der Waals surface area contributed by atoms with Crippen LogP contribution < -0.4 is 5.32 Å². The van der Waals surface area contributed by atoms with Gasteiger partial charge in [-0.15, -0.1) is 0 Å². The molecule has 1 aromatic rings. The summed E-state index contributed by atoms with van der Waals surface area (Å²) in [5.74, 6) is 1.43. The van der Waals surface area contributed by atoms with Crippen LogP contribution in [0.1, 0.15) is 38.1 Å². The lowest BCUT2D eigenvalue weighted by atomic mass is 9.85. The first-order chi connectivity index (χ1) is 8.84. The van der Waals surface area contributed by atoms with Gasteiger partial charge in [0, 0.05) is 11.0 Å². The molecule has 0 radical (unpaired) electrons. The summed E-state index contributed by atoms with van der Waals surface area (Å²) in [4.78, 5) is 12.2. The summed E-state index contributed by atoms with van der Waals surface area (Å²) < 4.78 is 0.742. The van der Waals surface area contributed by atoms with Crippen LogP contribution in [0.5, 0.6) is 0 Å². The van der Waals surface area contributed by atoms with Gasteiger partial charge in [-0.2, -0.15) is 0 Å². The maximum atomic E-state index is 12.2. The molecule has 0 saturated heterocycles. The van der Waals surface area contributed by atoms with Gasteiger partial charge < -0.3 is 5.32 Å². The number of rotatable bonds is 5. The molecule has 1 amide bonds. The minimum absolute atomic E-state index is 0.113. The largest absolute Gasteiger partial charge is 0.352 e. The average molecular weight is 347 g/mol. The van der Waals surface area contributed by atoms with Crippen molar-refractivity contribution in [2.24, 2.45) is 17.8 Å². The number of nitrogens with one attached hydrogen (secondary N) is 1. The fourth-order valence-electron chi connectivity index (χ4n) is 2.23. The van der Waals surface area contributed by atoms with Crippen LogP contribution >= 0.6 is 27.5 Å². The summed E-state index contributed by atoms with van der Waals surface area (Å²) >= 11 is 9.45. The Hall–Kier alpha value is -0.540. The molecule has 0 unspecified atom stereocenters. The molecule has 0 atom stereocenters. The van der Waals surface area contributed by atoms with Gasteiger partial charge >= 0.3 is 0 Å². The van der Waals surface area contributed by atoms with Crippen LogP contribution in [0.25, 0.3) is 0 Å². The number of halogens is 2. The summed E-state index contributed by atoms with van der Waals surface area (Å²) in [6.45, 7) is 9.41. The molecule has 0 aliphatic carbocycles. The smallest absolute Gasteiger partial charge is 0.252 e. The minimum atomic E-state index is -0.113. The van der Waals surface area contributed by atoms with Crippen LogP contribution in [0.2, 0.25) is 5.02 Å². The van der Waals surface area contributed by atoms with Gasteiger partial charge in [-0.3, -0.25) is 4.79 Å². The predicted molar refractivity (Wildman–Crippen MR) is 84.7 cm³/mol. The molecule has 0 heterocycles. The van der Waals surface area contributed by atoms with Crippen molar-refractivity contribution in [3.8, 4) is 0 Å². The predicted octanol–water partition coefficient (Wildman–Crippen LogP) is 4.76. The van der Waals surface area contributed by atoms with Gasteiger partial charge in [-0.05, 0) is 45.8 Å². The van der Waals surface area contributed by atoms with Gasteiger partial charge in [-0.1, -0.05) is 45.4 Å². The Morgan fingerprint density at radius 1 is 1.26 bits per heavy atom. The second-order valence-corrected chi connectivity index (χ2v) is 6.70. The van der Waals surface area contributed by atoms with Crippen LogP contribution in [-0.4, -0.2) is 12.5 Å². The topological polar surface area (TPSA) is 29.1 Å². The zero-order valence-electron chi connectivity index (χ0n) is 11.8. The summed E-state index contributed by atoms with van der Waals surface area (Å²) in [6.07, 6.45) is 0. The van der Waals surface area contributed by atoms with Crippen molar-refractivity contribution in [3.05, 3.63) is 33.3 Å². The molecular formula is C15H21BrClNO. The highest BCUT2D eigenvalue weighted by molar-refractivity contribution is 9.10. The number of carbonyl (C=O) groups excluding carboxylic acids is 1. The van der Waals surface area contributed by atoms with Gasteiger partial charge in [0.05, 0.1) is 10.6 Å². The Morgan fingerprint density at radius 3 is 2.37 bits per heavy atom. The summed E-state index contributed by atoms with van der Waals surface area (Å²) in [6, 6.07) is 5.37. The summed E-state index contributed by atoms with van der Waals surface area (Å²) in [5, 5.41) is 3.45. The Labute approximate surface area is 129 Å². The molecule has 1 aromatic carbocycles. The van der Waals surface area contributed by atoms with E-state index in [0.29, 0.717) is 34.9 Å². The van der Waals surface area contributed by atoms with E-state index in [1.54, 1.807) is 6.07 Å². The van der Waals surface area contributed by atoms with E-state index in [4.69, 9.17) is 11.6 Å². The van der Waals surface area contributed by atoms with Crippen LogP contribution in [0.15, 0.2) is 22.7 Å². The van der Waals surface area contributed by atoms with E-state index in [2.05, 4.69) is 48.9 Å². The van der Waals surface area contributed by atoms with Gasteiger partial charge in [0.2, 0.25) is 0 Å². The second kappa shape index (κ2) is 7.30. The van der Waals surface area contributed by atoms with Crippen molar-refractivity contribution in [1.29, 1.82) is 0 Å². The molecular weight excluding hydrogens is 326 g/mol. The average Bonchev–Trinajstić information content (AvgIpc) is 2.31. The summed E-state index contributed by atoms with van der Waals surface area (Å²) in [5.41, 5.74) is 0.516. The number of benzene rings is 1. The zero-order chi connectivity index (χ0) is 14.6. The Morgan fingerprint density at radius 2 is 1.84 bits per heavy atom. The maximum Gasteiger partial charge on any atom is 0.252 e. The van der Waals surface area contributed by atoms with E-state index < -0.39 is 0 Å². The lowest BCUT2D eigenvalue weighted by Crippen LogP contribution is -2.34. The number of hydrogen-bond acceptors (Lipinski definition) is 1. The molecule has 1 N–H and O–H groups in total. The number of hydrogen-bond donors (Lipinski definition) is 1. The molecule has 0 aliphatic rings. The first kappa shape index (κ1) is 16.5. The van der Waals surface area contributed by atoms with Gasteiger partial charge in [0.25, 0.3) is 5.91 Å². The Balaban J connectivity index is 2.72. The first-order valence-electron chi connectivity index (χ1n) is 6.56. The second-order valence-electron chi connectivity index (χ2n) is 5.46. The number of carbonyl (C=O) groups is 1. The van der Waals surface area contributed by atoms with Crippen molar-refractivity contribution in [2.75, 3.05) is 6.54 Å². The molecule has 106 valence electrons. The quantitative estimate of drug-likeness (QED) is 0.818. The molecule has 0 saturated carbocycles. The normalized spacial score (nSPS) is 11.4. The monoisotopic (exact) mass is 345 g/mol. The van der Waals surface area contributed by atoms with E-state index in [1.807, 2.05) is 12.1 Å². The van der Waals surface area contributed by atoms with Gasteiger partial charge in [0.15, 0.2) is 0 Å². The minimum Gasteiger partial charge on any atom is -0.352 e. The molecule has 2 nitrogen and oxygen atoms in total.